The Balaban J connectivity index is 1.52. The number of aromatic hydroxyl groups is 1. The monoisotopic (exact) mass is 439 g/mol. The Bertz CT molecular complexity index is 1660. The van der Waals surface area contributed by atoms with Crippen LogP contribution in [0.15, 0.2) is 55.0 Å². The van der Waals surface area contributed by atoms with E-state index in [9.17, 15) is 9.50 Å². The summed E-state index contributed by atoms with van der Waals surface area (Å²) in [4.78, 5) is 16.7. The first-order valence-electron chi connectivity index (χ1n) is 10.3. The zero-order valence-electron chi connectivity index (χ0n) is 17.8. The minimum Gasteiger partial charge on any atom is -0.508 e. The zero-order chi connectivity index (χ0) is 22.7. The van der Waals surface area contributed by atoms with Crippen molar-refractivity contribution in [1.82, 2.24) is 34.7 Å². The first-order valence-corrected chi connectivity index (χ1v) is 10.3. The van der Waals surface area contributed by atoms with Gasteiger partial charge in [-0.05, 0) is 48.4 Å². The summed E-state index contributed by atoms with van der Waals surface area (Å²) in [7, 11) is 1.95. The van der Waals surface area contributed by atoms with E-state index in [0.29, 0.717) is 11.2 Å². The highest BCUT2D eigenvalue weighted by Gasteiger charge is 2.17. The molecule has 5 heterocycles. The average molecular weight is 439 g/mol. The smallest absolute Gasteiger partial charge is 0.138 e. The lowest BCUT2D eigenvalue weighted by Crippen LogP contribution is -1.95. The van der Waals surface area contributed by atoms with Crippen molar-refractivity contribution in [2.24, 2.45) is 7.05 Å². The molecule has 0 radical (unpaired) electrons. The molecule has 0 saturated carbocycles. The number of aryl methyl sites for hydroxylation is 1. The Morgan fingerprint density at radius 2 is 1.88 bits per heavy atom. The summed E-state index contributed by atoms with van der Waals surface area (Å²) in [6.07, 6.45) is 5.21. The third kappa shape index (κ3) is 3.05. The van der Waals surface area contributed by atoms with Crippen LogP contribution in [0, 0.1) is 12.7 Å². The van der Waals surface area contributed by atoms with Crippen molar-refractivity contribution in [2.75, 3.05) is 0 Å². The maximum Gasteiger partial charge on any atom is 0.138 e. The molecule has 0 aliphatic heterocycles. The van der Waals surface area contributed by atoms with E-state index in [-0.39, 0.29) is 5.75 Å². The van der Waals surface area contributed by atoms with Gasteiger partial charge in [0.2, 0.25) is 0 Å². The predicted molar refractivity (Wildman–Crippen MR) is 123 cm³/mol. The van der Waals surface area contributed by atoms with Crippen molar-refractivity contribution in [3.63, 3.8) is 0 Å². The standard InChI is InChI=1S/C24H18FN7O/c1-12-27-11-22(32(12)2)19-9-18-21(10-28-19)30-31-23(18)20-8-17-16(3-4-26-24(17)29-20)13-5-14(25)7-15(33)6-13/h3-11,33H,1-2H3,(H,26,29)(H,30,31). The molecular weight excluding hydrogens is 421 g/mol. The number of halogens is 1. The van der Waals surface area contributed by atoms with Gasteiger partial charge in [0, 0.05) is 30.1 Å². The number of fused-ring (bicyclic) bond motifs is 2. The van der Waals surface area contributed by atoms with Crippen molar-refractivity contribution in [1.29, 1.82) is 0 Å². The van der Waals surface area contributed by atoms with Crippen molar-refractivity contribution >= 4 is 21.9 Å². The quantitative estimate of drug-likeness (QED) is 0.370. The minimum absolute atomic E-state index is 0.130. The topological polar surface area (TPSA) is 108 Å². The molecule has 9 heteroatoms. The molecule has 5 aromatic heterocycles. The number of nitrogens with zero attached hydrogens (tertiary/aromatic N) is 5. The number of benzene rings is 1. The van der Waals surface area contributed by atoms with Gasteiger partial charge in [0.25, 0.3) is 0 Å². The minimum atomic E-state index is -0.505. The Morgan fingerprint density at radius 1 is 1.00 bits per heavy atom. The Kier molecular flexibility index (Phi) is 4.06. The fraction of sp³-hybridized carbons (Fsp3) is 0.0833. The van der Waals surface area contributed by atoms with Crippen LogP contribution >= 0.6 is 0 Å². The molecule has 0 fully saturated rings. The van der Waals surface area contributed by atoms with Crippen LogP contribution in [0.3, 0.4) is 0 Å². The summed E-state index contributed by atoms with van der Waals surface area (Å²) in [5.41, 5.74) is 5.94. The van der Waals surface area contributed by atoms with Gasteiger partial charge in [0.1, 0.15) is 28.7 Å². The van der Waals surface area contributed by atoms with Gasteiger partial charge < -0.3 is 14.7 Å². The second kappa shape index (κ2) is 6.99. The lowest BCUT2D eigenvalue weighted by molar-refractivity contribution is 0.469. The molecule has 6 rings (SSSR count). The van der Waals surface area contributed by atoms with Gasteiger partial charge in [0.05, 0.1) is 35.0 Å². The number of imidazole rings is 1. The average Bonchev–Trinajstić information content (AvgIpc) is 3.49. The molecule has 6 aromatic rings. The summed E-state index contributed by atoms with van der Waals surface area (Å²) in [5.74, 6) is 0.265. The highest BCUT2D eigenvalue weighted by atomic mass is 19.1. The van der Waals surface area contributed by atoms with Crippen LogP contribution in [0.4, 0.5) is 4.39 Å². The van der Waals surface area contributed by atoms with E-state index < -0.39 is 5.82 Å². The Labute approximate surface area is 186 Å². The molecule has 8 nitrogen and oxygen atoms in total. The molecule has 0 amide bonds. The lowest BCUT2D eigenvalue weighted by Gasteiger charge is -2.04. The molecular formula is C24H18FN7O. The predicted octanol–water partition coefficient (Wildman–Crippen LogP) is 4.72. The third-order valence-corrected chi connectivity index (χ3v) is 5.91. The molecule has 0 saturated heterocycles. The number of H-pyrrole nitrogens is 2. The maximum atomic E-state index is 13.9. The highest BCUT2D eigenvalue weighted by Crippen LogP contribution is 2.35. The van der Waals surface area contributed by atoms with Crippen LogP contribution in [0.25, 0.3) is 55.8 Å². The number of aromatic amines is 2. The van der Waals surface area contributed by atoms with Crippen molar-refractivity contribution in [2.45, 2.75) is 6.92 Å². The zero-order valence-corrected chi connectivity index (χ0v) is 17.8. The van der Waals surface area contributed by atoms with Crippen molar-refractivity contribution < 1.29 is 9.50 Å². The number of hydrogen-bond acceptors (Lipinski definition) is 5. The Morgan fingerprint density at radius 3 is 2.67 bits per heavy atom. The molecule has 0 aliphatic carbocycles. The number of rotatable bonds is 3. The largest absolute Gasteiger partial charge is 0.508 e. The Hall–Kier alpha value is -4.53. The van der Waals surface area contributed by atoms with E-state index in [4.69, 9.17) is 0 Å². The fourth-order valence-electron chi connectivity index (χ4n) is 4.14. The van der Waals surface area contributed by atoms with Gasteiger partial charge in [0.15, 0.2) is 0 Å². The van der Waals surface area contributed by atoms with Crippen LogP contribution in [-0.4, -0.2) is 39.8 Å². The van der Waals surface area contributed by atoms with E-state index in [1.165, 1.54) is 12.1 Å². The maximum absolute atomic E-state index is 13.9. The summed E-state index contributed by atoms with van der Waals surface area (Å²) in [5, 5.41) is 19.1. The summed E-state index contributed by atoms with van der Waals surface area (Å²) in [6, 6.07) is 9.71. The summed E-state index contributed by atoms with van der Waals surface area (Å²) < 4.78 is 15.9. The van der Waals surface area contributed by atoms with E-state index in [0.717, 1.165) is 56.5 Å². The molecule has 0 aliphatic rings. The first-order chi connectivity index (χ1) is 16.0. The van der Waals surface area contributed by atoms with E-state index >= 15 is 0 Å². The molecule has 162 valence electrons. The number of aromatic nitrogens is 7. The van der Waals surface area contributed by atoms with Crippen LogP contribution in [0.5, 0.6) is 5.75 Å². The van der Waals surface area contributed by atoms with E-state index in [1.807, 2.05) is 30.7 Å². The fourth-order valence-corrected chi connectivity index (χ4v) is 4.14. The van der Waals surface area contributed by atoms with Gasteiger partial charge in [-0.15, -0.1) is 0 Å². The van der Waals surface area contributed by atoms with Gasteiger partial charge in [-0.2, -0.15) is 5.10 Å². The first kappa shape index (κ1) is 19.2. The van der Waals surface area contributed by atoms with Gasteiger partial charge >= 0.3 is 0 Å². The normalized spacial score (nSPS) is 11.6. The molecule has 3 N–H and O–H groups in total. The summed E-state index contributed by atoms with van der Waals surface area (Å²) in [6.45, 7) is 1.94. The van der Waals surface area contributed by atoms with Crippen molar-refractivity contribution in [3.8, 4) is 39.7 Å². The van der Waals surface area contributed by atoms with Gasteiger partial charge in [-0.25, -0.2) is 14.4 Å². The van der Waals surface area contributed by atoms with Crippen LogP contribution in [0.2, 0.25) is 0 Å². The second-order valence-electron chi connectivity index (χ2n) is 7.94. The second-order valence-corrected chi connectivity index (χ2v) is 7.94. The van der Waals surface area contributed by atoms with Gasteiger partial charge in [-0.1, -0.05) is 0 Å². The van der Waals surface area contributed by atoms with Crippen molar-refractivity contribution in [3.05, 3.63) is 66.6 Å². The number of nitrogens with one attached hydrogen (secondary N) is 2. The SMILES string of the molecule is Cc1ncc(-c2cc3c(-c4cc5c(-c6cc(O)cc(F)c6)ccnc5[nH]4)n[nH]c3cn2)n1C. The number of hydrogen-bond donors (Lipinski definition) is 3. The molecule has 0 atom stereocenters. The number of phenolic OH excluding ortho intramolecular Hbond substituents is 1. The molecule has 0 unspecified atom stereocenters. The third-order valence-electron chi connectivity index (χ3n) is 5.91. The number of pyridine rings is 2. The van der Waals surface area contributed by atoms with E-state index in [1.54, 1.807) is 24.7 Å². The van der Waals surface area contributed by atoms with Crippen LogP contribution in [-0.2, 0) is 7.05 Å². The van der Waals surface area contributed by atoms with E-state index in [2.05, 4.69) is 30.1 Å². The highest BCUT2D eigenvalue weighted by molar-refractivity contribution is 6.00. The summed E-state index contributed by atoms with van der Waals surface area (Å²) >= 11 is 0. The van der Waals surface area contributed by atoms with Gasteiger partial charge in [-0.3, -0.25) is 10.1 Å². The molecule has 1 aromatic carbocycles. The van der Waals surface area contributed by atoms with Crippen LogP contribution < -0.4 is 0 Å². The number of phenols is 1. The molecule has 0 spiro atoms. The lowest BCUT2D eigenvalue weighted by atomic mass is 10.0. The van der Waals surface area contributed by atoms with Crippen LogP contribution in [0.1, 0.15) is 5.82 Å². The molecule has 0 bridgehead atoms. The molecule has 33 heavy (non-hydrogen) atoms.